The molecule has 2 aliphatic rings. The van der Waals surface area contributed by atoms with Crippen LogP contribution in [0.3, 0.4) is 0 Å². The van der Waals surface area contributed by atoms with Gasteiger partial charge in [-0.3, -0.25) is 9.79 Å². The summed E-state index contributed by atoms with van der Waals surface area (Å²) in [4.78, 5) is 29.7. The van der Waals surface area contributed by atoms with Crippen LogP contribution in [0.4, 0.5) is 0 Å². The number of carbonyl (C=O) groups is 2. The van der Waals surface area contributed by atoms with Crippen LogP contribution in [0.15, 0.2) is 59.0 Å². The number of aldehydes is 1. The van der Waals surface area contributed by atoms with Crippen LogP contribution in [0.5, 0.6) is 0 Å². The molecule has 7 nitrogen and oxygen atoms in total. The molecular formula is C19H23N5O2. The third-order valence-electron chi connectivity index (χ3n) is 4.54. The molecule has 0 saturated carbocycles. The number of nitrogens with zero attached hydrogens (tertiary/aromatic N) is 2. The number of fused-ring (bicyclic) bond motifs is 1. The summed E-state index contributed by atoms with van der Waals surface area (Å²) >= 11 is 0. The molecular weight excluding hydrogens is 330 g/mol. The first-order valence-corrected chi connectivity index (χ1v) is 8.65. The molecule has 0 aliphatic carbocycles. The van der Waals surface area contributed by atoms with Crippen molar-refractivity contribution in [3.05, 3.63) is 59.6 Å². The van der Waals surface area contributed by atoms with E-state index >= 15 is 0 Å². The average molecular weight is 353 g/mol. The first-order chi connectivity index (χ1) is 12.7. The summed E-state index contributed by atoms with van der Waals surface area (Å²) in [5, 5.41) is 6.25. The molecule has 2 heterocycles. The van der Waals surface area contributed by atoms with Crippen molar-refractivity contribution in [3.63, 3.8) is 0 Å². The van der Waals surface area contributed by atoms with Gasteiger partial charge in [-0.15, -0.1) is 0 Å². The van der Waals surface area contributed by atoms with Gasteiger partial charge in [0.25, 0.3) is 5.91 Å². The molecule has 0 aromatic heterocycles. The molecule has 2 atom stereocenters. The topological polar surface area (TPSA) is 99.8 Å². The quantitative estimate of drug-likeness (QED) is 0.494. The van der Waals surface area contributed by atoms with Crippen LogP contribution in [-0.4, -0.2) is 42.1 Å². The van der Waals surface area contributed by atoms with Gasteiger partial charge in [-0.05, 0) is 18.4 Å². The van der Waals surface area contributed by atoms with E-state index in [0.717, 1.165) is 23.8 Å². The van der Waals surface area contributed by atoms with Crippen LogP contribution >= 0.6 is 0 Å². The Hall–Kier alpha value is -3.09. The predicted octanol–water partition coefficient (Wildman–Crippen LogP) is 0.650. The molecule has 136 valence electrons. The van der Waals surface area contributed by atoms with Crippen molar-refractivity contribution < 1.29 is 9.59 Å². The highest BCUT2D eigenvalue weighted by molar-refractivity contribution is 5.96. The molecule has 26 heavy (non-hydrogen) atoms. The van der Waals surface area contributed by atoms with Crippen molar-refractivity contribution in [2.24, 2.45) is 10.7 Å². The van der Waals surface area contributed by atoms with Crippen LogP contribution in [-0.2, 0) is 16.1 Å². The highest BCUT2D eigenvalue weighted by Crippen LogP contribution is 2.25. The van der Waals surface area contributed by atoms with Crippen LogP contribution < -0.4 is 16.4 Å². The van der Waals surface area contributed by atoms with Gasteiger partial charge in [0.05, 0.1) is 12.6 Å². The monoisotopic (exact) mass is 353 g/mol. The van der Waals surface area contributed by atoms with E-state index in [0.29, 0.717) is 25.2 Å². The van der Waals surface area contributed by atoms with E-state index in [1.165, 1.54) is 6.20 Å². The lowest BCUT2D eigenvalue weighted by Gasteiger charge is -2.33. The summed E-state index contributed by atoms with van der Waals surface area (Å²) in [5.41, 5.74) is 7.97. The highest BCUT2D eigenvalue weighted by atomic mass is 16.2. The number of rotatable bonds is 7. The van der Waals surface area contributed by atoms with Gasteiger partial charge in [0.2, 0.25) is 0 Å². The smallest absolute Gasteiger partial charge is 0.273 e. The van der Waals surface area contributed by atoms with Crippen LogP contribution in [0.2, 0.25) is 0 Å². The standard InChI is InChI=1S/C19H23N5O2/c20-8-15(10-21-9-14-4-2-1-3-5-14)11-22-17-12-23-18-7-6-16(13-25)24(18)19(17)26/h1-5,8,10,12-13,16,18,22-23H,6-7,9,11,20H2/b15-8+,21-10?. The summed E-state index contributed by atoms with van der Waals surface area (Å²) in [7, 11) is 0. The third kappa shape index (κ3) is 3.93. The molecule has 3 rings (SSSR count). The van der Waals surface area contributed by atoms with Gasteiger partial charge in [0.1, 0.15) is 18.1 Å². The number of hydrogen-bond donors (Lipinski definition) is 3. The Morgan fingerprint density at radius 3 is 2.88 bits per heavy atom. The summed E-state index contributed by atoms with van der Waals surface area (Å²) in [5.74, 6) is -0.166. The fourth-order valence-electron chi connectivity index (χ4n) is 3.13. The molecule has 0 bridgehead atoms. The zero-order valence-corrected chi connectivity index (χ0v) is 14.5. The van der Waals surface area contributed by atoms with E-state index in [1.54, 1.807) is 17.3 Å². The average Bonchev–Trinajstić information content (AvgIpc) is 3.10. The molecule has 0 spiro atoms. The second-order valence-electron chi connectivity index (χ2n) is 6.28. The minimum absolute atomic E-state index is 0.0970. The Bertz CT molecular complexity index is 742. The molecule has 1 aromatic rings. The van der Waals surface area contributed by atoms with E-state index in [-0.39, 0.29) is 18.1 Å². The Morgan fingerprint density at radius 2 is 2.15 bits per heavy atom. The lowest BCUT2D eigenvalue weighted by Crippen LogP contribution is -2.53. The Morgan fingerprint density at radius 1 is 1.35 bits per heavy atom. The van der Waals surface area contributed by atoms with Gasteiger partial charge in [0.15, 0.2) is 0 Å². The first-order valence-electron chi connectivity index (χ1n) is 8.65. The molecule has 1 aromatic carbocycles. The van der Waals surface area contributed by atoms with Gasteiger partial charge >= 0.3 is 0 Å². The molecule has 7 heteroatoms. The maximum absolute atomic E-state index is 12.6. The summed E-state index contributed by atoms with van der Waals surface area (Å²) in [6.07, 6.45) is 7.05. The summed E-state index contributed by atoms with van der Waals surface area (Å²) < 4.78 is 0. The van der Waals surface area contributed by atoms with E-state index in [9.17, 15) is 9.59 Å². The Labute approximate surface area is 152 Å². The molecule has 2 aliphatic heterocycles. The van der Waals surface area contributed by atoms with Gasteiger partial charge in [-0.25, -0.2) is 0 Å². The molecule has 0 radical (unpaired) electrons. The van der Waals surface area contributed by atoms with Crippen molar-refractivity contribution >= 4 is 18.4 Å². The van der Waals surface area contributed by atoms with Gasteiger partial charge in [-0.1, -0.05) is 30.3 Å². The summed E-state index contributed by atoms with van der Waals surface area (Å²) in [6.45, 7) is 0.941. The van der Waals surface area contributed by atoms with Crippen molar-refractivity contribution in [1.82, 2.24) is 15.5 Å². The number of aliphatic imine (C=N–C) groups is 1. The van der Waals surface area contributed by atoms with Crippen LogP contribution in [0.1, 0.15) is 18.4 Å². The van der Waals surface area contributed by atoms with Crippen LogP contribution in [0.25, 0.3) is 0 Å². The molecule has 2 unspecified atom stereocenters. The van der Waals surface area contributed by atoms with Crippen molar-refractivity contribution in [1.29, 1.82) is 0 Å². The predicted molar refractivity (Wildman–Crippen MR) is 99.8 cm³/mol. The second kappa shape index (κ2) is 8.33. The summed E-state index contributed by atoms with van der Waals surface area (Å²) in [6, 6.07) is 9.56. The molecule has 1 fully saturated rings. The molecule has 1 amide bonds. The number of benzene rings is 1. The Balaban J connectivity index is 1.55. The number of amides is 1. The zero-order valence-electron chi connectivity index (χ0n) is 14.5. The van der Waals surface area contributed by atoms with Gasteiger partial charge in [0, 0.05) is 30.7 Å². The number of nitrogens with one attached hydrogen (secondary N) is 2. The van der Waals surface area contributed by atoms with E-state index in [4.69, 9.17) is 5.73 Å². The second-order valence-corrected chi connectivity index (χ2v) is 6.28. The maximum Gasteiger partial charge on any atom is 0.273 e. The fourth-order valence-corrected chi connectivity index (χ4v) is 3.13. The van der Waals surface area contributed by atoms with Crippen LogP contribution in [0, 0.1) is 0 Å². The largest absolute Gasteiger partial charge is 0.404 e. The lowest BCUT2D eigenvalue weighted by atomic mass is 10.2. The minimum atomic E-state index is -0.359. The van der Waals surface area contributed by atoms with Gasteiger partial charge < -0.3 is 26.1 Å². The third-order valence-corrected chi connectivity index (χ3v) is 4.54. The number of nitrogens with two attached hydrogens (primary N) is 1. The van der Waals surface area contributed by atoms with Crippen molar-refractivity contribution in [3.8, 4) is 0 Å². The zero-order chi connectivity index (χ0) is 18.4. The minimum Gasteiger partial charge on any atom is -0.404 e. The van der Waals surface area contributed by atoms with Crippen molar-refractivity contribution in [2.45, 2.75) is 31.6 Å². The highest BCUT2D eigenvalue weighted by Gasteiger charge is 2.39. The number of hydrogen-bond acceptors (Lipinski definition) is 6. The molecule has 1 saturated heterocycles. The first kappa shape index (κ1) is 17.7. The Kier molecular flexibility index (Phi) is 5.68. The van der Waals surface area contributed by atoms with E-state index in [1.807, 2.05) is 30.3 Å². The van der Waals surface area contributed by atoms with Gasteiger partial charge in [-0.2, -0.15) is 0 Å². The van der Waals surface area contributed by atoms with E-state index in [2.05, 4.69) is 15.6 Å². The fraction of sp³-hybridized carbons (Fsp3) is 0.316. The maximum atomic E-state index is 12.6. The molecule has 4 N–H and O–H groups in total. The lowest BCUT2D eigenvalue weighted by molar-refractivity contribution is -0.134. The van der Waals surface area contributed by atoms with Crippen molar-refractivity contribution in [2.75, 3.05) is 6.54 Å². The van der Waals surface area contributed by atoms with E-state index < -0.39 is 0 Å². The SMILES string of the molecule is N/C=C(\C=NCc1ccccc1)CNC1=CNC2CCC(C=O)N2C1=O. The number of carbonyl (C=O) groups excluding carboxylic acids is 2. The normalized spacial score (nSPS) is 22.8.